The minimum atomic E-state index is -0.934. The lowest BCUT2D eigenvalue weighted by Crippen LogP contribution is -2.44. The second kappa shape index (κ2) is 56.5. The van der Waals surface area contributed by atoms with Gasteiger partial charge in [0.15, 0.2) is 12.2 Å². The molecule has 7 saturated carbocycles. The predicted molar refractivity (Wildman–Crippen MR) is 534 cm³/mol. The summed E-state index contributed by atoms with van der Waals surface area (Å²) in [5.41, 5.74) is -10.5. The molecule has 7 N–H and O–H groups in total. The number of fused-ring (bicyclic) bond motifs is 1. The SMILES string of the molecule is C.COCCCCCCOC(=O)C1CCC(C)(C(=O)O)C1(C)C.COCCCCCOC(=O)C1CCC(C)(C(=O)O)C1(C)C.COCCCCOC(=O)C1CCC(C)(C(=O)O)C1(C)C.COCCCOC(=O)C1CCC(C)(C(=O)O)C1(C)C.COCCOC(=O)C1CCC(C)(C(=O)O)C1(C)C.CO[C@@H]1COC[C@@H]1OC(=O)C1CCC(C)(C(=O)O)C1(C)C.CO[C@H]1CO[C@H]2[C@@H]1OC[C@H]2OC(=O)C1CCC(C)(C(=O)O)C1(C)C. The second-order valence-electron chi connectivity index (χ2n) is 46.1. The maximum atomic E-state index is 12.7. The molecule has 38 heteroatoms. The van der Waals surface area contributed by atoms with Gasteiger partial charge in [-0.3, -0.25) is 67.1 Å². The van der Waals surface area contributed by atoms with Gasteiger partial charge in [-0.25, -0.2) is 0 Å². The number of rotatable bonds is 43. The van der Waals surface area contributed by atoms with E-state index in [1.807, 2.05) is 96.9 Å². The Morgan fingerprint density at radius 1 is 0.226 bits per heavy atom. The highest BCUT2D eigenvalue weighted by Crippen LogP contribution is 2.63. The third kappa shape index (κ3) is 30.0. The maximum Gasteiger partial charge on any atom is 0.309 e. The molecule has 0 spiro atoms. The van der Waals surface area contributed by atoms with Crippen LogP contribution in [0.4, 0.5) is 0 Å². The zero-order valence-corrected chi connectivity index (χ0v) is 92.2. The van der Waals surface area contributed by atoms with Crippen LogP contribution in [0.3, 0.4) is 0 Å². The molecule has 7 aliphatic carbocycles. The molecule has 14 unspecified atom stereocenters. The van der Waals surface area contributed by atoms with Crippen LogP contribution in [0, 0.1) is 117 Å². The Bertz CT molecular complexity index is 4250. The van der Waals surface area contributed by atoms with E-state index in [1.54, 1.807) is 91.1 Å². The van der Waals surface area contributed by atoms with E-state index in [9.17, 15) is 103 Å². The summed E-state index contributed by atoms with van der Waals surface area (Å²) in [7, 11) is 11.3. The molecule has 0 aromatic heterocycles. The zero-order chi connectivity index (χ0) is 110. The molecule has 20 atom stereocenters. The Balaban J connectivity index is 0.000000438. The molecule has 0 bridgehead atoms. The summed E-state index contributed by atoms with van der Waals surface area (Å²) in [4.78, 5) is 166. The fraction of sp³-hybridized carbons (Fsp3) is 0.870. The van der Waals surface area contributed by atoms with Crippen molar-refractivity contribution in [1.29, 1.82) is 0 Å². The van der Waals surface area contributed by atoms with Crippen LogP contribution in [0.15, 0.2) is 0 Å². The number of carboxylic acid groups (broad SMARTS) is 7. The fourth-order valence-electron chi connectivity index (χ4n) is 22.3. The van der Waals surface area contributed by atoms with Gasteiger partial charge in [0.25, 0.3) is 0 Å². The van der Waals surface area contributed by atoms with E-state index < -0.39 is 142 Å². The molecule has 0 radical (unpaired) electrons. The fourth-order valence-corrected chi connectivity index (χ4v) is 22.3. The first-order valence-electron chi connectivity index (χ1n) is 51.5. The molecule has 0 aromatic rings. The normalized spacial score (nSPS) is 32.1. The molecule has 38 nitrogen and oxygen atoms in total. The van der Waals surface area contributed by atoms with Crippen LogP contribution in [0.1, 0.15) is 307 Å². The molecule has 10 fully saturated rings. The van der Waals surface area contributed by atoms with Gasteiger partial charge in [-0.05, 0) is 228 Å². The van der Waals surface area contributed by atoms with Crippen LogP contribution in [0.25, 0.3) is 0 Å². The van der Waals surface area contributed by atoms with Gasteiger partial charge in [0.1, 0.15) is 31.0 Å². The van der Waals surface area contributed by atoms with Crippen molar-refractivity contribution in [3.63, 3.8) is 0 Å². The molecule has 0 amide bonds. The summed E-state index contributed by atoms with van der Waals surface area (Å²) in [6.07, 6.45) is 14.6. The van der Waals surface area contributed by atoms with Crippen LogP contribution in [-0.4, -0.2) is 298 Å². The van der Waals surface area contributed by atoms with Gasteiger partial charge >= 0.3 is 83.6 Å². The van der Waals surface area contributed by atoms with Crippen LogP contribution < -0.4 is 0 Å². The summed E-state index contributed by atoms with van der Waals surface area (Å²) in [5.74, 6) is -10.6. The summed E-state index contributed by atoms with van der Waals surface area (Å²) in [6, 6.07) is 0. The number of carboxylic acids is 7. The van der Waals surface area contributed by atoms with Gasteiger partial charge in [-0.1, -0.05) is 111 Å². The Morgan fingerprint density at radius 2 is 0.418 bits per heavy atom. The van der Waals surface area contributed by atoms with E-state index in [2.05, 4.69) is 0 Å². The number of hydrogen-bond acceptors (Lipinski definition) is 31. The average Bonchev–Trinajstić information content (AvgIpc) is 1.60. The Morgan fingerprint density at radius 3 is 0.664 bits per heavy atom. The van der Waals surface area contributed by atoms with Gasteiger partial charge < -0.3 is 116 Å². The molecule has 844 valence electrons. The van der Waals surface area contributed by atoms with Gasteiger partial charge in [0.2, 0.25) is 0 Å². The van der Waals surface area contributed by atoms with Gasteiger partial charge in [0.05, 0.1) is 139 Å². The van der Waals surface area contributed by atoms with Crippen molar-refractivity contribution >= 4 is 83.6 Å². The number of carbonyl (C=O) groups excluding carboxylic acids is 7. The lowest BCUT2D eigenvalue weighted by Gasteiger charge is -2.37. The molecule has 3 heterocycles. The van der Waals surface area contributed by atoms with E-state index in [0.717, 1.165) is 71.0 Å². The topological polar surface area (TPSA) is 538 Å². The lowest BCUT2D eigenvalue weighted by molar-refractivity contribution is -0.168. The minimum absolute atomic E-state index is 0. The molecule has 146 heavy (non-hydrogen) atoms. The maximum absolute atomic E-state index is 12.7. The molecule has 0 aromatic carbocycles. The average molecular weight is 2090 g/mol. The molecular formula is C108H184O38. The van der Waals surface area contributed by atoms with Crippen molar-refractivity contribution in [1.82, 2.24) is 0 Å². The van der Waals surface area contributed by atoms with Crippen LogP contribution in [0.5, 0.6) is 0 Å². The van der Waals surface area contributed by atoms with Gasteiger partial charge in [-0.15, -0.1) is 0 Å². The van der Waals surface area contributed by atoms with Crippen molar-refractivity contribution in [2.75, 3.05) is 142 Å². The van der Waals surface area contributed by atoms with E-state index in [4.69, 9.17) is 80.5 Å². The number of esters is 7. The summed E-state index contributed by atoms with van der Waals surface area (Å²) >= 11 is 0. The smallest absolute Gasteiger partial charge is 0.309 e. The Hall–Kier alpha value is -7.82. The quantitative estimate of drug-likeness (QED) is 0.0169. The highest BCUT2D eigenvalue weighted by molar-refractivity contribution is 5.86. The van der Waals surface area contributed by atoms with Crippen molar-refractivity contribution in [3.8, 4) is 0 Å². The lowest BCUT2D eigenvalue weighted by atomic mass is 9.66. The van der Waals surface area contributed by atoms with Crippen molar-refractivity contribution in [2.45, 2.75) is 344 Å². The number of hydrogen-bond donors (Lipinski definition) is 7. The van der Waals surface area contributed by atoms with Crippen molar-refractivity contribution < 1.29 is 183 Å². The first-order chi connectivity index (χ1) is 67.3. The number of unbranched alkanes of at least 4 members (excludes halogenated alkanes) is 6. The standard InChI is InChI=1S/C17H26O7.C17H30O5.C16H28O5.C15H24O6.C15H26O5.C14H24O5.C13H22O5.CH4/c1-16(2)9(5-6-17(16,3)15(19)20)14(18)24-11-8-23-12-10(21-4)7-22-13(11)12;1-16(2)13(9-10-17(16,3)15(19)20)14(18)22-12-8-6-5-7-11-21-4;1-15(2)12(8-9-16(15,3)14(18)19)13(17)21-11-7-5-6-10-20-4;1-14(2)9(5-6-15(14,3)13(17)18)12(16)21-11-8-20-7-10(11)19-4;1-14(2)11(7-8-15(14,3)13(17)18)12(16)20-10-6-5-9-19-4;1-13(2)10(6-7-14(13,3)12(16)17)11(15)19-9-5-8-18-4;1-12(2)9(10(14)18-8-7-17-4)5-6-13(12,3)11(15)16;/h9-13H,5-8H2,1-4H3,(H,19,20);13H,5-12H2,1-4H3,(H,19,20);12H,5-11H2,1-4H3,(H,18,19);9-11H,5-8H2,1-4H3,(H,17,18);11H,5-10H2,1-4H3,(H,17,18);10H,5-9H2,1-4H3,(H,16,17);9H,5-8H2,1-4H3,(H,15,16);1H4/t9?,10-,11+,12+,13+,17?;;;9?,10-,11+,15?;;;;/m0..1..../s1. The van der Waals surface area contributed by atoms with E-state index in [1.165, 1.54) is 7.11 Å². The third-order valence-corrected chi connectivity index (χ3v) is 36.9. The summed E-state index contributed by atoms with van der Waals surface area (Å²) in [6.45, 7) is 44.1. The van der Waals surface area contributed by atoms with Gasteiger partial charge in [0, 0.05) is 82.6 Å². The Labute approximate surface area is 866 Å². The molecule has 3 aliphatic heterocycles. The van der Waals surface area contributed by atoms with Crippen molar-refractivity contribution in [2.24, 2.45) is 117 Å². The number of ether oxygens (including phenoxy) is 17. The largest absolute Gasteiger partial charge is 0.481 e. The summed E-state index contributed by atoms with van der Waals surface area (Å²) in [5, 5.41) is 66.1. The van der Waals surface area contributed by atoms with E-state index in [-0.39, 0.29) is 116 Å². The highest BCUT2D eigenvalue weighted by Gasteiger charge is 2.66. The number of carbonyl (C=O) groups is 14. The first kappa shape index (κ1) is 132. The van der Waals surface area contributed by atoms with Crippen LogP contribution in [-0.2, 0) is 148 Å². The monoisotopic (exact) mass is 2090 g/mol. The molecule has 10 rings (SSSR count). The van der Waals surface area contributed by atoms with Crippen LogP contribution in [0.2, 0.25) is 0 Å². The molecule has 10 aliphatic rings. The number of aliphatic carboxylic acids is 7. The first-order valence-corrected chi connectivity index (χ1v) is 51.5. The molecule has 3 saturated heterocycles. The predicted octanol–water partition coefficient (Wildman–Crippen LogP) is 15.8. The van der Waals surface area contributed by atoms with E-state index >= 15 is 0 Å². The Kier molecular flexibility index (Phi) is 51.2. The van der Waals surface area contributed by atoms with Crippen molar-refractivity contribution in [3.05, 3.63) is 0 Å². The van der Waals surface area contributed by atoms with E-state index in [0.29, 0.717) is 162 Å². The summed E-state index contributed by atoms with van der Waals surface area (Å²) < 4.78 is 89.3. The van der Waals surface area contributed by atoms with Gasteiger partial charge in [-0.2, -0.15) is 0 Å². The minimum Gasteiger partial charge on any atom is -0.481 e. The van der Waals surface area contributed by atoms with Crippen LogP contribution >= 0.6 is 0 Å². The molecular weight excluding hydrogens is 1910 g/mol. The third-order valence-electron chi connectivity index (χ3n) is 36.9. The highest BCUT2D eigenvalue weighted by atomic mass is 16.7. The number of methoxy groups -OCH3 is 7. The second-order valence-corrected chi connectivity index (χ2v) is 46.1. The zero-order valence-electron chi connectivity index (χ0n) is 92.2.